The molecular formula is C14H24IN3O2S. The first kappa shape index (κ1) is 20.2. The fourth-order valence-electron chi connectivity index (χ4n) is 1.62. The number of aliphatic imine (C=N–C) groups is 1. The maximum atomic E-state index is 11.1. The van der Waals surface area contributed by atoms with Crippen molar-refractivity contribution in [2.24, 2.45) is 4.99 Å². The van der Waals surface area contributed by atoms with Crippen LogP contribution in [0.1, 0.15) is 31.1 Å². The first-order valence-electron chi connectivity index (χ1n) is 6.79. The van der Waals surface area contributed by atoms with E-state index in [1.165, 1.54) is 12.0 Å². The van der Waals surface area contributed by atoms with Crippen LogP contribution in [0.15, 0.2) is 22.5 Å². The zero-order valence-corrected chi connectivity index (χ0v) is 15.9. The van der Waals surface area contributed by atoms with Gasteiger partial charge < -0.3 is 15.4 Å². The van der Waals surface area contributed by atoms with Crippen molar-refractivity contribution < 1.29 is 9.53 Å². The Kier molecular flexibility index (Phi) is 11.3. The lowest BCUT2D eigenvalue weighted by atomic mass is 10.1. The number of thiophene rings is 1. The molecule has 7 heteroatoms. The second kappa shape index (κ2) is 11.8. The van der Waals surface area contributed by atoms with Gasteiger partial charge in [0.25, 0.3) is 0 Å². The predicted molar refractivity (Wildman–Crippen MR) is 98.8 cm³/mol. The second-order valence-corrected chi connectivity index (χ2v) is 5.37. The fourth-order valence-corrected chi connectivity index (χ4v) is 2.39. The van der Waals surface area contributed by atoms with Gasteiger partial charge in [0.2, 0.25) is 0 Å². The molecule has 1 atom stereocenters. The number of hydrogen-bond acceptors (Lipinski definition) is 4. The smallest absolute Gasteiger partial charge is 0.307 e. The Balaban J connectivity index is 0.00000400. The van der Waals surface area contributed by atoms with E-state index in [2.05, 4.69) is 44.8 Å². The largest absolute Gasteiger partial charge is 0.469 e. The lowest BCUT2D eigenvalue weighted by molar-refractivity contribution is -0.140. The van der Waals surface area contributed by atoms with E-state index in [4.69, 9.17) is 0 Å². The summed E-state index contributed by atoms with van der Waals surface area (Å²) in [7, 11) is 1.39. The molecule has 2 N–H and O–H groups in total. The lowest BCUT2D eigenvalue weighted by Crippen LogP contribution is -2.38. The fraction of sp³-hybridized carbons (Fsp3) is 0.571. The Morgan fingerprint density at radius 1 is 1.48 bits per heavy atom. The van der Waals surface area contributed by atoms with Gasteiger partial charge >= 0.3 is 5.97 Å². The maximum Gasteiger partial charge on any atom is 0.307 e. The molecule has 0 saturated carbocycles. The van der Waals surface area contributed by atoms with Gasteiger partial charge in [0.15, 0.2) is 5.96 Å². The Morgan fingerprint density at radius 3 is 2.81 bits per heavy atom. The van der Waals surface area contributed by atoms with Gasteiger partial charge in [-0.2, -0.15) is 0 Å². The molecule has 1 heterocycles. The molecule has 1 rings (SSSR count). The van der Waals surface area contributed by atoms with Gasteiger partial charge in [-0.3, -0.25) is 9.79 Å². The van der Waals surface area contributed by atoms with Crippen LogP contribution in [0.5, 0.6) is 0 Å². The molecule has 1 unspecified atom stereocenters. The summed E-state index contributed by atoms with van der Waals surface area (Å²) in [6, 6.07) is 4.18. The van der Waals surface area contributed by atoms with E-state index in [-0.39, 0.29) is 29.9 Å². The number of nitrogens with zero attached hydrogens (tertiary/aromatic N) is 1. The first-order chi connectivity index (χ1) is 9.67. The number of nitrogens with one attached hydrogen (secondary N) is 2. The van der Waals surface area contributed by atoms with E-state index in [1.54, 1.807) is 11.3 Å². The first-order valence-corrected chi connectivity index (χ1v) is 7.67. The SMILES string of the molecule is CCNC(=NCC(C)c1cccs1)NCCC(=O)OC.I. The summed E-state index contributed by atoms with van der Waals surface area (Å²) in [5, 5.41) is 8.37. The second-order valence-electron chi connectivity index (χ2n) is 4.39. The Bertz CT molecular complexity index is 424. The van der Waals surface area contributed by atoms with Crippen LogP contribution >= 0.6 is 35.3 Å². The van der Waals surface area contributed by atoms with Crippen LogP contribution in [0.3, 0.4) is 0 Å². The van der Waals surface area contributed by atoms with Gasteiger partial charge in [-0.15, -0.1) is 35.3 Å². The van der Waals surface area contributed by atoms with Gasteiger partial charge in [-0.1, -0.05) is 13.0 Å². The van der Waals surface area contributed by atoms with Crippen molar-refractivity contribution in [2.45, 2.75) is 26.2 Å². The van der Waals surface area contributed by atoms with E-state index in [1.807, 2.05) is 6.92 Å². The molecule has 0 aliphatic carbocycles. The standard InChI is InChI=1S/C14H23N3O2S.HI/c1-4-15-14(16-8-7-13(18)19-3)17-10-11(2)12-6-5-9-20-12;/h5-6,9,11H,4,7-8,10H2,1-3H3,(H2,15,16,17);1H. The summed E-state index contributed by atoms with van der Waals surface area (Å²) in [4.78, 5) is 16.9. The number of carbonyl (C=O) groups is 1. The molecule has 1 aromatic heterocycles. The highest BCUT2D eigenvalue weighted by molar-refractivity contribution is 14.0. The molecule has 120 valence electrons. The van der Waals surface area contributed by atoms with Crippen LogP contribution < -0.4 is 10.6 Å². The molecule has 0 bridgehead atoms. The summed E-state index contributed by atoms with van der Waals surface area (Å²) < 4.78 is 4.60. The van der Waals surface area contributed by atoms with Crippen LogP contribution in [0.2, 0.25) is 0 Å². The third kappa shape index (κ3) is 8.25. The van der Waals surface area contributed by atoms with Crippen molar-refractivity contribution in [2.75, 3.05) is 26.7 Å². The molecule has 1 aromatic rings. The minimum Gasteiger partial charge on any atom is -0.469 e. The Labute approximate surface area is 147 Å². The quantitative estimate of drug-likeness (QED) is 0.305. The van der Waals surface area contributed by atoms with Gasteiger partial charge in [0, 0.05) is 23.9 Å². The van der Waals surface area contributed by atoms with Crippen LogP contribution in [0.25, 0.3) is 0 Å². The molecular weight excluding hydrogens is 401 g/mol. The summed E-state index contributed by atoms with van der Waals surface area (Å²) >= 11 is 1.75. The van der Waals surface area contributed by atoms with Crippen LogP contribution in [0, 0.1) is 0 Å². The monoisotopic (exact) mass is 425 g/mol. The molecule has 0 fully saturated rings. The van der Waals surface area contributed by atoms with E-state index >= 15 is 0 Å². The molecule has 0 aliphatic heterocycles. The van der Waals surface area contributed by atoms with Crippen molar-refractivity contribution in [3.63, 3.8) is 0 Å². The summed E-state index contributed by atoms with van der Waals surface area (Å²) in [5.74, 6) is 0.908. The highest BCUT2D eigenvalue weighted by Crippen LogP contribution is 2.20. The average Bonchev–Trinajstić information content (AvgIpc) is 2.98. The summed E-state index contributed by atoms with van der Waals surface area (Å²) in [5.41, 5.74) is 0. The van der Waals surface area contributed by atoms with Crippen molar-refractivity contribution in [1.29, 1.82) is 0 Å². The predicted octanol–water partition coefficient (Wildman–Crippen LogP) is 2.59. The van der Waals surface area contributed by atoms with Crippen LogP contribution in [0.4, 0.5) is 0 Å². The number of ether oxygens (including phenoxy) is 1. The third-order valence-corrected chi connectivity index (χ3v) is 3.85. The lowest BCUT2D eigenvalue weighted by Gasteiger charge is -2.12. The molecule has 5 nitrogen and oxygen atoms in total. The zero-order valence-electron chi connectivity index (χ0n) is 12.7. The summed E-state index contributed by atoms with van der Waals surface area (Å²) in [6.07, 6.45) is 0.335. The van der Waals surface area contributed by atoms with Crippen molar-refractivity contribution in [3.05, 3.63) is 22.4 Å². The molecule has 0 aromatic carbocycles. The Hall–Kier alpha value is -0.830. The number of halogens is 1. The maximum absolute atomic E-state index is 11.1. The third-order valence-electron chi connectivity index (χ3n) is 2.75. The number of rotatable bonds is 7. The summed E-state index contributed by atoms with van der Waals surface area (Å²) in [6.45, 7) is 6.20. The van der Waals surface area contributed by atoms with Gasteiger partial charge in [-0.05, 0) is 18.4 Å². The molecule has 0 amide bonds. The van der Waals surface area contributed by atoms with Gasteiger partial charge in [0.1, 0.15) is 0 Å². The molecule has 0 spiro atoms. The number of carbonyl (C=O) groups excluding carboxylic acids is 1. The number of methoxy groups -OCH3 is 1. The molecule has 0 radical (unpaired) electrons. The van der Waals surface area contributed by atoms with Gasteiger partial charge in [-0.25, -0.2) is 0 Å². The number of guanidine groups is 1. The van der Waals surface area contributed by atoms with Crippen LogP contribution in [-0.4, -0.2) is 38.7 Å². The Morgan fingerprint density at radius 2 is 2.24 bits per heavy atom. The molecule has 21 heavy (non-hydrogen) atoms. The normalized spacial score (nSPS) is 12.2. The van der Waals surface area contributed by atoms with E-state index in [0.717, 1.165) is 12.5 Å². The number of esters is 1. The van der Waals surface area contributed by atoms with Crippen molar-refractivity contribution >= 4 is 47.2 Å². The van der Waals surface area contributed by atoms with Gasteiger partial charge in [0.05, 0.1) is 20.1 Å². The number of hydrogen-bond donors (Lipinski definition) is 2. The van der Waals surface area contributed by atoms with E-state index in [0.29, 0.717) is 25.4 Å². The highest BCUT2D eigenvalue weighted by atomic mass is 127. The molecule has 0 saturated heterocycles. The minimum absolute atomic E-state index is 0. The molecule has 0 aliphatic rings. The topological polar surface area (TPSA) is 62.7 Å². The zero-order chi connectivity index (χ0) is 14.8. The van der Waals surface area contributed by atoms with E-state index < -0.39 is 0 Å². The minimum atomic E-state index is -0.222. The van der Waals surface area contributed by atoms with Crippen molar-refractivity contribution in [3.8, 4) is 0 Å². The van der Waals surface area contributed by atoms with E-state index in [9.17, 15) is 4.79 Å². The highest BCUT2D eigenvalue weighted by Gasteiger charge is 2.07. The van der Waals surface area contributed by atoms with Crippen molar-refractivity contribution in [1.82, 2.24) is 10.6 Å². The average molecular weight is 425 g/mol. The van der Waals surface area contributed by atoms with Crippen LogP contribution in [-0.2, 0) is 9.53 Å².